The number of hydrogen-bond acceptors (Lipinski definition) is 4. The Kier molecular flexibility index (Phi) is 6.25. The average molecular weight is 462 g/mol. The lowest BCUT2D eigenvalue weighted by atomic mass is 9.62. The van der Waals surface area contributed by atoms with Crippen molar-refractivity contribution in [1.29, 1.82) is 5.26 Å². The van der Waals surface area contributed by atoms with Gasteiger partial charge in [0.05, 0.1) is 11.6 Å². The lowest BCUT2D eigenvalue weighted by Gasteiger charge is -2.42. The largest absolute Gasteiger partial charge is 0.534 e. The van der Waals surface area contributed by atoms with Crippen LogP contribution in [0, 0.1) is 24.2 Å². The molecule has 0 amide bonds. The van der Waals surface area contributed by atoms with Crippen LogP contribution in [0.15, 0.2) is 66.8 Å². The van der Waals surface area contributed by atoms with E-state index in [0.29, 0.717) is 23.1 Å². The molecule has 4 nitrogen and oxygen atoms in total. The molecule has 3 unspecified atom stereocenters. The van der Waals surface area contributed by atoms with E-state index in [4.69, 9.17) is 4.18 Å². The van der Waals surface area contributed by atoms with Gasteiger partial charge in [-0.2, -0.15) is 26.9 Å². The molecule has 8 heteroatoms. The van der Waals surface area contributed by atoms with Gasteiger partial charge in [0.25, 0.3) is 0 Å². The van der Waals surface area contributed by atoms with Crippen molar-refractivity contribution in [1.82, 2.24) is 0 Å². The Morgan fingerprint density at radius 3 is 2.56 bits per heavy atom. The maximum Gasteiger partial charge on any atom is 0.534 e. The second kappa shape index (κ2) is 8.47. The van der Waals surface area contributed by atoms with Crippen molar-refractivity contribution < 1.29 is 25.8 Å². The molecule has 3 atom stereocenters. The molecule has 168 valence electrons. The predicted octanol–water partition coefficient (Wildman–Crippen LogP) is 6.10. The zero-order valence-corrected chi connectivity index (χ0v) is 18.4. The van der Waals surface area contributed by atoms with E-state index >= 15 is 0 Å². The number of hydrogen-bond donors (Lipinski definition) is 0. The van der Waals surface area contributed by atoms with E-state index in [1.807, 2.05) is 25.2 Å². The molecule has 0 aliphatic heterocycles. The Hall–Kier alpha value is -3.05. The molecule has 2 aliphatic carbocycles. The summed E-state index contributed by atoms with van der Waals surface area (Å²) in [5.41, 5.74) is -2.78. The molecule has 0 spiro atoms. The van der Waals surface area contributed by atoms with Gasteiger partial charge in [-0.05, 0) is 47.9 Å². The minimum Gasteiger partial charge on any atom is -0.375 e. The highest BCUT2D eigenvalue weighted by Crippen LogP contribution is 2.56. The summed E-state index contributed by atoms with van der Waals surface area (Å²) in [6.07, 6.45) is 11.3. The quantitative estimate of drug-likeness (QED) is 0.302. The van der Waals surface area contributed by atoms with Crippen LogP contribution in [0.3, 0.4) is 0 Å². The van der Waals surface area contributed by atoms with Crippen molar-refractivity contribution in [3.63, 3.8) is 0 Å². The summed E-state index contributed by atoms with van der Waals surface area (Å²) in [5, 5.41) is 9.87. The van der Waals surface area contributed by atoms with Crippen LogP contribution in [0.25, 0.3) is 0 Å². The van der Waals surface area contributed by atoms with Crippen LogP contribution in [0.1, 0.15) is 47.4 Å². The van der Waals surface area contributed by atoms with Crippen LogP contribution in [0.4, 0.5) is 13.2 Å². The number of aryl methyl sites for hydroxylation is 1. The molecule has 2 aliphatic rings. The Balaban J connectivity index is 2.42. The van der Waals surface area contributed by atoms with Crippen molar-refractivity contribution in [2.45, 2.75) is 37.6 Å². The van der Waals surface area contributed by atoms with Gasteiger partial charge in [0.1, 0.15) is 5.75 Å². The molecule has 0 heterocycles. The summed E-state index contributed by atoms with van der Waals surface area (Å²) in [6.45, 7) is 10.8. The van der Waals surface area contributed by atoms with E-state index in [-0.39, 0.29) is 22.8 Å². The summed E-state index contributed by atoms with van der Waals surface area (Å²) < 4.78 is 67.9. The van der Waals surface area contributed by atoms with Crippen molar-refractivity contribution >= 4 is 10.1 Å². The van der Waals surface area contributed by atoms with Gasteiger partial charge in [-0.25, -0.2) is 0 Å². The third-order valence-corrected chi connectivity index (χ3v) is 6.90. The highest BCUT2D eigenvalue weighted by Gasteiger charge is 2.50. The zero-order chi connectivity index (χ0) is 23.8. The molecule has 3 rings (SSSR count). The van der Waals surface area contributed by atoms with E-state index in [1.54, 1.807) is 18.2 Å². The van der Waals surface area contributed by atoms with Gasteiger partial charge in [-0.3, -0.25) is 0 Å². The predicted molar refractivity (Wildman–Crippen MR) is 116 cm³/mol. The van der Waals surface area contributed by atoms with E-state index in [0.717, 1.165) is 5.57 Å². The van der Waals surface area contributed by atoms with Gasteiger partial charge in [0.2, 0.25) is 0 Å². The van der Waals surface area contributed by atoms with Gasteiger partial charge in [-0.15, -0.1) is 0 Å². The Morgan fingerprint density at radius 2 is 2.00 bits per heavy atom. The fourth-order valence-corrected chi connectivity index (χ4v) is 5.11. The molecule has 1 aromatic rings. The molecule has 0 aromatic heterocycles. The first-order valence-corrected chi connectivity index (χ1v) is 11.3. The number of nitrogens with zero attached hydrogens (tertiary/aromatic N) is 1. The topological polar surface area (TPSA) is 67.2 Å². The number of benzene rings is 1. The fraction of sp³-hybridized carbons (Fsp3) is 0.292. The van der Waals surface area contributed by atoms with Gasteiger partial charge < -0.3 is 4.18 Å². The van der Waals surface area contributed by atoms with E-state index in [9.17, 15) is 26.9 Å². The van der Waals surface area contributed by atoms with Gasteiger partial charge in [0, 0.05) is 11.5 Å². The molecule has 0 saturated heterocycles. The van der Waals surface area contributed by atoms with E-state index in [1.165, 1.54) is 13.0 Å². The Bertz CT molecular complexity index is 1210. The molecule has 1 aromatic carbocycles. The molecule has 0 N–H and O–H groups in total. The molecule has 0 fully saturated rings. The second-order valence-corrected chi connectivity index (χ2v) is 9.30. The minimum absolute atomic E-state index is 0.116. The van der Waals surface area contributed by atoms with Crippen molar-refractivity contribution in [3.8, 4) is 11.8 Å². The average Bonchev–Trinajstić information content (AvgIpc) is 2.73. The first-order valence-electron chi connectivity index (χ1n) is 9.88. The van der Waals surface area contributed by atoms with Crippen LogP contribution >= 0.6 is 0 Å². The van der Waals surface area contributed by atoms with Crippen LogP contribution in [-0.4, -0.2) is 13.9 Å². The lowest BCUT2D eigenvalue weighted by Crippen LogP contribution is -2.32. The highest BCUT2D eigenvalue weighted by atomic mass is 32.2. The Labute approximate surface area is 185 Å². The van der Waals surface area contributed by atoms with Crippen molar-refractivity contribution in [2.75, 3.05) is 0 Å². The standard InChI is InChI=1S/C24H22F3NO3S/c1-5-9-16(6-2)21-19-11-8-7-10-18(19)15(4)20-22(21)17(13-28)12-14(3)23(20)31-32(29,30)24(25,26)27/h5-9,11-12,15,18,21H,1-2,10H2,3-4H3/b16-9+. The molecular weight excluding hydrogens is 439 g/mol. The van der Waals surface area contributed by atoms with Crippen LogP contribution in [0.5, 0.6) is 5.75 Å². The highest BCUT2D eigenvalue weighted by molar-refractivity contribution is 7.88. The van der Waals surface area contributed by atoms with Gasteiger partial charge in [0.15, 0.2) is 0 Å². The minimum atomic E-state index is -5.90. The summed E-state index contributed by atoms with van der Waals surface area (Å²) in [5.74, 6) is -1.38. The van der Waals surface area contributed by atoms with E-state index in [2.05, 4.69) is 19.2 Å². The van der Waals surface area contributed by atoms with Crippen LogP contribution in [0.2, 0.25) is 0 Å². The van der Waals surface area contributed by atoms with Gasteiger partial charge >= 0.3 is 15.6 Å². The first kappa shape index (κ1) is 23.6. The maximum atomic E-state index is 13.1. The second-order valence-electron chi connectivity index (χ2n) is 7.76. The van der Waals surface area contributed by atoms with Crippen LogP contribution in [-0.2, 0) is 10.1 Å². The third-order valence-electron chi connectivity index (χ3n) is 5.94. The van der Waals surface area contributed by atoms with Crippen molar-refractivity contribution in [2.24, 2.45) is 5.92 Å². The normalized spacial score (nSPS) is 22.8. The third kappa shape index (κ3) is 3.82. The van der Waals surface area contributed by atoms with Crippen LogP contribution < -0.4 is 4.18 Å². The summed E-state index contributed by atoms with van der Waals surface area (Å²) in [6, 6.07) is 3.49. The van der Waals surface area contributed by atoms with E-state index < -0.39 is 27.5 Å². The molecule has 0 bridgehead atoms. The smallest absolute Gasteiger partial charge is 0.375 e. The molecule has 32 heavy (non-hydrogen) atoms. The number of rotatable bonds is 5. The number of allylic oxidation sites excluding steroid dienone is 8. The summed E-state index contributed by atoms with van der Waals surface area (Å²) in [4.78, 5) is 0. The molecular formula is C24H22F3NO3S. The number of alkyl halides is 3. The van der Waals surface area contributed by atoms with Gasteiger partial charge in [-0.1, -0.05) is 62.1 Å². The maximum absolute atomic E-state index is 13.1. The Morgan fingerprint density at radius 1 is 1.31 bits per heavy atom. The lowest BCUT2D eigenvalue weighted by molar-refractivity contribution is -0.0500. The SMILES string of the molecule is C=C/C=C(\C=C)C1C2=CC=CCC2C(C)c2c(OS(=O)(=O)C(F)(F)F)c(C)cc(C#N)c21. The zero-order valence-electron chi connectivity index (χ0n) is 17.6. The number of halogens is 3. The monoisotopic (exact) mass is 461 g/mol. The number of nitriles is 1. The summed E-state index contributed by atoms with van der Waals surface area (Å²) >= 11 is 0. The summed E-state index contributed by atoms with van der Waals surface area (Å²) in [7, 11) is -5.90. The molecule has 0 radical (unpaired) electrons. The fourth-order valence-electron chi connectivity index (χ4n) is 4.58. The first-order chi connectivity index (χ1) is 15.0. The number of fused-ring (bicyclic) bond motifs is 2. The molecule has 0 saturated carbocycles. The van der Waals surface area contributed by atoms with Crippen molar-refractivity contribution in [3.05, 3.63) is 89.1 Å².